The Hall–Kier alpha value is -2.01. The minimum absolute atomic E-state index is 0.0634. The lowest BCUT2D eigenvalue weighted by molar-refractivity contribution is 0.174. The van der Waals surface area contributed by atoms with Crippen molar-refractivity contribution in [2.24, 2.45) is 0 Å². The largest absolute Gasteiger partial charge is 0.454 e. The molecule has 0 amide bonds. The summed E-state index contributed by atoms with van der Waals surface area (Å²) in [6, 6.07) is 5.56. The van der Waals surface area contributed by atoms with E-state index in [1.807, 2.05) is 25.1 Å². The summed E-state index contributed by atoms with van der Waals surface area (Å²) >= 11 is 0. The van der Waals surface area contributed by atoms with Gasteiger partial charge in [0.2, 0.25) is 12.7 Å². The summed E-state index contributed by atoms with van der Waals surface area (Å²) < 4.78 is 16.2. The second kappa shape index (κ2) is 4.34. The third kappa shape index (κ3) is 1.82. The van der Waals surface area contributed by atoms with E-state index in [1.54, 1.807) is 0 Å². The summed E-state index contributed by atoms with van der Waals surface area (Å²) in [5, 5.41) is 8.93. The number of hydrogen-bond acceptors (Lipinski definition) is 5. The van der Waals surface area contributed by atoms with E-state index in [0.717, 1.165) is 22.8 Å². The van der Waals surface area contributed by atoms with Crippen LogP contribution < -0.4 is 9.47 Å². The Morgan fingerprint density at radius 3 is 2.94 bits per heavy atom. The van der Waals surface area contributed by atoms with E-state index in [2.05, 4.69) is 4.98 Å². The zero-order chi connectivity index (χ0) is 12.5. The number of nitrogens with zero attached hydrogens (tertiary/aromatic N) is 1. The molecular weight excluding hydrogens is 234 g/mol. The standard InChI is InChI=1S/C13H13NO4/c1-8-10(4-5-15)14-13(18-8)9-2-3-11-12(6-9)17-7-16-11/h2-3,6,15H,4-5,7H2,1H3. The Labute approximate surface area is 104 Å². The number of hydrogen-bond donors (Lipinski definition) is 1. The molecule has 5 heteroatoms. The molecule has 0 fully saturated rings. The molecule has 0 saturated heterocycles. The lowest BCUT2D eigenvalue weighted by Gasteiger charge is -1.98. The molecule has 0 bridgehead atoms. The summed E-state index contributed by atoms with van der Waals surface area (Å²) in [5.41, 5.74) is 1.62. The summed E-state index contributed by atoms with van der Waals surface area (Å²) in [6.07, 6.45) is 0.500. The van der Waals surface area contributed by atoms with Crippen molar-refractivity contribution in [2.75, 3.05) is 13.4 Å². The Balaban J connectivity index is 1.97. The number of aryl methyl sites for hydroxylation is 1. The van der Waals surface area contributed by atoms with Crippen LogP contribution in [0.5, 0.6) is 11.5 Å². The molecule has 2 heterocycles. The molecule has 2 aromatic rings. The van der Waals surface area contributed by atoms with Crippen molar-refractivity contribution >= 4 is 0 Å². The van der Waals surface area contributed by atoms with Gasteiger partial charge >= 0.3 is 0 Å². The molecule has 0 saturated carbocycles. The predicted molar refractivity (Wildman–Crippen MR) is 63.6 cm³/mol. The van der Waals surface area contributed by atoms with E-state index in [4.69, 9.17) is 19.0 Å². The van der Waals surface area contributed by atoms with Gasteiger partial charge in [-0.15, -0.1) is 0 Å². The van der Waals surface area contributed by atoms with Crippen molar-refractivity contribution in [3.05, 3.63) is 29.7 Å². The van der Waals surface area contributed by atoms with Gasteiger partial charge in [-0.3, -0.25) is 0 Å². The van der Waals surface area contributed by atoms with Gasteiger partial charge in [0, 0.05) is 18.6 Å². The number of oxazole rings is 1. The van der Waals surface area contributed by atoms with Crippen LogP contribution in [0, 0.1) is 6.92 Å². The van der Waals surface area contributed by atoms with E-state index in [1.165, 1.54) is 0 Å². The van der Waals surface area contributed by atoms with Crippen LogP contribution in [-0.4, -0.2) is 23.5 Å². The molecule has 1 aromatic carbocycles. The fraction of sp³-hybridized carbons (Fsp3) is 0.308. The van der Waals surface area contributed by atoms with Gasteiger partial charge in [0.1, 0.15) is 5.76 Å². The average molecular weight is 247 g/mol. The van der Waals surface area contributed by atoms with Crippen LogP contribution in [-0.2, 0) is 6.42 Å². The van der Waals surface area contributed by atoms with E-state index in [0.29, 0.717) is 18.1 Å². The van der Waals surface area contributed by atoms with Gasteiger partial charge in [-0.25, -0.2) is 4.98 Å². The Morgan fingerprint density at radius 2 is 2.11 bits per heavy atom. The minimum atomic E-state index is 0.0634. The highest BCUT2D eigenvalue weighted by Crippen LogP contribution is 2.35. The molecule has 0 radical (unpaired) electrons. The van der Waals surface area contributed by atoms with E-state index >= 15 is 0 Å². The number of benzene rings is 1. The van der Waals surface area contributed by atoms with Gasteiger partial charge in [0.15, 0.2) is 11.5 Å². The molecular formula is C13H13NO4. The number of rotatable bonds is 3. The number of fused-ring (bicyclic) bond motifs is 1. The molecule has 94 valence electrons. The Bertz CT molecular complexity index is 576. The highest BCUT2D eigenvalue weighted by Gasteiger charge is 2.17. The first kappa shape index (κ1) is 11.1. The fourth-order valence-corrected chi connectivity index (χ4v) is 1.92. The Morgan fingerprint density at radius 1 is 1.28 bits per heavy atom. The number of aliphatic hydroxyl groups excluding tert-OH is 1. The smallest absolute Gasteiger partial charge is 0.231 e. The topological polar surface area (TPSA) is 64.7 Å². The fourth-order valence-electron chi connectivity index (χ4n) is 1.92. The maximum atomic E-state index is 8.93. The number of aliphatic hydroxyl groups is 1. The van der Waals surface area contributed by atoms with Crippen LogP contribution in [0.25, 0.3) is 11.5 Å². The molecule has 1 aromatic heterocycles. The van der Waals surface area contributed by atoms with Crippen molar-refractivity contribution in [3.8, 4) is 23.0 Å². The molecule has 1 N–H and O–H groups in total. The normalized spacial score (nSPS) is 13.0. The zero-order valence-corrected chi connectivity index (χ0v) is 9.97. The second-order valence-electron chi connectivity index (χ2n) is 4.06. The highest BCUT2D eigenvalue weighted by molar-refractivity contribution is 5.60. The molecule has 0 aliphatic carbocycles. The highest BCUT2D eigenvalue weighted by atomic mass is 16.7. The quantitative estimate of drug-likeness (QED) is 0.897. The summed E-state index contributed by atoms with van der Waals surface area (Å²) in [5.74, 6) is 2.70. The third-order valence-corrected chi connectivity index (χ3v) is 2.86. The van der Waals surface area contributed by atoms with E-state index in [-0.39, 0.29) is 13.4 Å². The van der Waals surface area contributed by atoms with Crippen LogP contribution in [0.1, 0.15) is 11.5 Å². The first-order valence-electron chi connectivity index (χ1n) is 5.75. The SMILES string of the molecule is Cc1oc(-c2ccc3c(c2)OCO3)nc1CCO. The van der Waals surface area contributed by atoms with Gasteiger partial charge in [-0.2, -0.15) is 0 Å². The molecule has 0 unspecified atom stereocenters. The first-order chi connectivity index (χ1) is 8.78. The van der Waals surface area contributed by atoms with Crippen molar-refractivity contribution in [2.45, 2.75) is 13.3 Å². The van der Waals surface area contributed by atoms with E-state index in [9.17, 15) is 0 Å². The van der Waals surface area contributed by atoms with Crippen molar-refractivity contribution in [1.82, 2.24) is 4.98 Å². The van der Waals surface area contributed by atoms with Crippen LogP contribution in [0.2, 0.25) is 0 Å². The lowest BCUT2D eigenvalue weighted by Crippen LogP contribution is -1.93. The molecule has 0 spiro atoms. The van der Waals surface area contributed by atoms with Crippen molar-refractivity contribution < 1.29 is 19.0 Å². The third-order valence-electron chi connectivity index (χ3n) is 2.86. The van der Waals surface area contributed by atoms with E-state index < -0.39 is 0 Å². The summed E-state index contributed by atoms with van der Waals surface area (Å²) in [6.45, 7) is 2.15. The predicted octanol–water partition coefficient (Wildman–Crippen LogP) is 1.91. The molecule has 1 aliphatic rings. The summed E-state index contributed by atoms with van der Waals surface area (Å²) in [7, 11) is 0. The molecule has 3 rings (SSSR count). The second-order valence-corrected chi connectivity index (χ2v) is 4.06. The zero-order valence-electron chi connectivity index (χ0n) is 9.97. The van der Waals surface area contributed by atoms with Gasteiger partial charge < -0.3 is 19.0 Å². The molecule has 0 atom stereocenters. The van der Waals surface area contributed by atoms with Crippen LogP contribution in [0.3, 0.4) is 0 Å². The number of ether oxygens (including phenoxy) is 2. The average Bonchev–Trinajstić information content (AvgIpc) is 2.96. The van der Waals surface area contributed by atoms with Crippen molar-refractivity contribution in [3.63, 3.8) is 0 Å². The Kier molecular flexibility index (Phi) is 2.68. The lowest BCUT2D eigenvalue weighted by atomic mass is 10.2. The molecule has 18 heavy (non-hydrogen) atoms. The maximum Gasteiger partial charge on any atom is 0.231 e. The van der Waals surface area contributed by atoms with Crippen LogP contribution in [0.4, 0.5) is 0 Å². The summed E-state index contributed by atoms with van der Waals surface area (Å²) in [4.78, 5) is 4.37. The van der Waals surface area contributed by atoms with Crippen LogP contribution >= 0.6 is 0 Å². The van der Waals surface area contributed by atoms with Gasteiger partial charge in [-0.05, 0) is 25.1 Å². The molecule has 1 aliphatic heterocycles. The monoisotopic (exact) mass is 247 g/mol. The minimum Gasteiger partial charge on any atom is -0.454 e. The van der Waals surface area contributed by atoms with Gasteiger partial charge in [0.25, 0.3) is 0 Å². The van der Waals surface area contributed by atoms with Crippen LogP contribution in [0.15, 0.2) is 22.6 Å². The molecule has 5 nitrogen and oxygen atoms in total. The maximum absolute atomic E-state index is 8.93. The number of aromatic nitrogens is 1. The van der Waals surface area contributed by atoms with Gasteiger partial charge in [0.05, 0.1) is 5.69 Å². The van der Waals surface area contributed by atoms with Crippen molar-refractivity contribution in [1.29, 1.82) is 0 Å². The van der Waals surface area contributed by atoms with Gasteiger partial charge in [-0.1, -0.05) is 0 Å². The first-order valence-corrected chi connectivity index (χ1v) is 5.75.